The Labute approximate surface area is 197 Å². The number of nitrogens with zero attached hydrogens (tertiary/aromatic N) is 4. The number of carbonyl (C=O) groups is 1. The molecule has 0 bridgehead atoms. The molecule has 2 heterocycles. The van der Waals surface area contributed by atoms with Gasteiger partial charge < -0.3 is 15.5 Å². The smallest absolute Gasteiger partial charge is 0.253 e. The third-order valence-electron chi connectivity index (χ3n) is 6.34. The van der Waals surface area contributed by atoms with Crippen molar-refractivity contribution >= 4 is 50.1 Å². The molecule has 0 atom stereocenters. The first-order valence-corrected chi connectivity index (χ1v) is 12.3. The van der Waals surface area contributed by atoms with E-state index in [4.69, 9.17) is 9.97 Å². The van der Waals surface area contributed by atoms with E-state index in [2.05, 4.69) is 21.7 Å². The summed E-state index contributed by atoms with van der Waals surface area (Å²) in [7, 11) is 4.01. The Bertz CT molecular complexity index is 1280. The number of nitrogens with one attached hydrogen (secondary N) is 2. The summed E-state index contributed by atoms with van der Waals surface area (Å²) >= 11 is 1.56. The van der Waals surface area contributed by atoms with Gasteiger partial charge in [0.2, 0.25) is 5.95 Å². The lowest BCUT2D eigenvalue weighted by Gasteiger charge is -2.29. The number of aromatic nitrogens is 3. The summed E-state index contributed by atoms with van der Waals surface area (Å²) in [6, 6.07) is 14.2. The lowest BCUT2D eigenvalue weighted by Crippen LogP contribution is -2.34. The summed E-state index contributed by atoms with van der Waals surface area (Å²) in [6.07, 6.45) is 4.20. The van der Waals surface area contributed by atoms with E-state index < -0.39 is 0 Å². The monoisotopic (exact) mass is 460 g/mol. The number of thiazole rings is 1. The minimum absolute atomic E-state index is 0.0347. The summed E-state index contributed by atoms with van der Waals surface area (Å²) in [5, 5.41) is 7.74. The molecule has 7 nitrogen and oxygen atoms in total. The average Bonchev–Trinajstić information content (AvgIpc) is 3.32. The van der Waals surface area contributed by atoms with Crippen LogP contribution in [0.5, 0.6) is 0 Å². The Balaban J connectivity index is 1.17. The van der Waals surface area contributed by atoms with Crippen LogP contribution in [0, 0.1) is 5.92 Å². The molecule has 33 heavy (non-hydrogen) atoms. The molecule has 2 N–H and O–H groups in total. The quantitative estimate of drug-likeness (QED) is 0.434. The van der Waals surface area contributed by atoms with E-state index in [0.29, 0.717) is 30.0 Å². The number of carbonyl (C=O) groups excluding carboxylic acids is 1. The van der Waals surface area contributed by atoms with Gasteiger partial charge in [-0.2, -0.15) is 4.98 Å². The van der Waals surface area contributed by atoms with Gasteiger partial charge in [-0.25, -0.2) is 9.97 Å². The van der Waals surface area contributed by atoms with Crippen LogP contribution in [0.3, 0.4) is 0 Å². The minimum atomic E-state index is -0.0347. The van der Waals surface area contributed by atoms with E-state index in [1.807, 2.05) is 55.4 Å². The second-order valence-corrected chi connectivity index (χ2v) is 9.75. The van der Waals surface area contributed by atoms with Crippen molar-refractivity contribution in [1.29, 1.82) is 0 Å². The lowest BCUT2D eigenvalue weighted by molar-refractivity contribution is 0.0945. The van der Waals surface area contributed by atoms with E-state index in [1.165, 1.54) is 0 Å². The van der Waals surface area contributed by atoms with Crippen molar-refractivity contribution in [3.63, 3.8) is 0 Å². The van der Waals surface area contributed by atoms with E-state index in [0.717, 1.165) is 52.6 Å². The molecule has 8 heteroatoms. The van der Waals surface area contributed by atoms with Gasteiger partial charge in [-0.1, -0.05) is 18.2 Å². The Hall–Kier alpha value is -3.26. The highest BCUT2D eigenvalue weighted by atomic mass is 32.1. The Morgan fingerprint density at radius 1 is 1.06 bits per heavy atom. The molecule has 0 unspecified atom stereocenters. The summed E-state index contributed by atoms with van der Waals surface area (Å²) in [4.78, 5) is 28.6. The molecule has 0 saturated heterocycles. The van der Waals surface area contributed by atoms with Gasteiger partial charge >= 0.3 is 0 Å². The number of hydrogen-bond donors (Lipinski definition) is 2. The van der Waals surface area contributed by atoms with Gasteiger partial charge in [0.05, 0.1) is 26.8 Å². The van der Waals surface area contributed by atoms with Crippen LogP contribution in [-0.4, -0.2) is 47.5 Å². The topological polar surface area (TPSA) is 83.0 Å². The molecule has 2 aromatic heterocycles. The molecule has 0 radical (unpaired) electrons. The van der Waals surface area contributed by atoms with Crippen molar-refractivity contribution in [3.05, 3.63) is 53.5 Å². The standard InChI is InChI=1S/C25H28N6OS/c1-31(2)23-18-6-3-4-8-20(18)29-25(30-23)28-17-12-10-16(11-13-17)14-26-24(32)19-7-5-9-21-22(19)27-15-33-21/h3-9,15-17H,10-14H2,1-2H3,(H,26,32)(H,28,29,30)/t16-,17+. The van der Waals surface area contributed by atoms with E-state index >= 15 is 0 Å². The normalized spacial score (nSPS) is 18.4. The van der Waals surface area contributed by atoms with Crippen LogP contribution in [0.1, 0.15) is 36.0 Å². The molecule has 4 aromatic rings. The first-order valence-electron chi connectivity index (χ1n) is 11.4. The van der Waals surface area contributed by atoms with E-state index in [9.17, 15) is 4.79 Å². The van der Waals surface area contributed by atoms with Gasteiger partial charge in [0.15, 0.2) is 0 Å². The molecule has 1 amide bonds. The Morgan fingerprint density at radius 2 is 1.88 bits per heavy atom. The number of amides is 1. The summed E-state index contributed by atoms with van der Waals surface area (Å²) in [5.74, 6) is 2.06. The van der Waals surface area contributed by atoms with Gasteiger partial charge in [-0.05, 0) is 55.9 Å². The van der Waals surface area contributed by atoms with Gasteiger partial charge in [0.1, 0.15) is 5.82 Å². The van der Waals surface area contributed by atoms with Crippen LogP contribution in [0.4, 0.5) is 11.8 Å². The van der Waals surface area contributed by atoms with Crippen LogP contribution in [-0.2, 0) is 0 Å². The molecule has 170 valence electrons. The van der Waals surface area contributed by atoms with Crippen molar-refractivity contribution in [2.45, 2.75) is 31.7 Å². The molecule has 2 aromatic carbocycles. The Morgan fingerprint density at radius 3 is 2.70 bits per heavy atom. The zero-order chi connectivity index (χ0) is 22.8. The first kappa shape index (κ1) is 21.6. The number of benzene rings is 2. The maximum absolute atomic E-state index is 12.7. The predicted molar refractivity (Wildman–Crippen MR) is 135 cm³/mol. The van der Waals surface area contributed by atoms with Crippen molar-refractivity contribution in [1.82, 2.24) is 20.3 Å². The van der Waals surface area contributed by atoms with Crippen LogP contribution in [0.25, 0.3) is 21.1 Å². The molecule has 1 aliphatic rings. The van der Waals surface area contributed by atoms with Gasteiger partial charge in [0, 0.05) is 32.1 Å². The van der Waals surface area contributed by atoms with E-state index in [-0.39, 0.29) is 5.91 Å². The maximum Gasteiger partial charge on any atom is 0.253 e. The van der Waals surface area contributed by atoms with Crippen molar-refractivity contribution in [3.8, 4) is 0 Å². The zero-order valence-corrected chi connectivity index (χ0v) is 19.7. The van der Waals surface area contributed by atoms with Gasteiger partial charge in [0.25, 0.3) is 5.91 Å². The molecule has 1 saturated carbocycles. The molecule has 0 aliphatic heterocycles. The van der Waals surface area contributed by atoms with Gasteiger partial charge in [-0.3, -0.25) is 4.79 Å². The average molecular weight is 461 g/mol. The third-order valence-corrected chi connectivity index (χ3v) is 7.14. The predicted octanol–water partition coefficient (Wildman–Crippen LogP) is 4.71. The lowest BCUT2D eigenvalue weighted by atomic mass is 9.86. The second kappa shape index (κ2) is 9.31. The molecule has 1 fully saturated rings. The number of fused-ring (bicyclic) bond motifs is 2. The molecular formula is C25H28N6OS. The number of anilines is 2. The van der Waals surface area contributed by atoms with Crippen LogP contribution >= 0.6 is 11.3 Å². The SMILES string of the molecule is CN(C)c1nc(N[C@H]2CC[C@@H](CNC(=O)c3cccc4scnc34)CC2)nc2ccccc12. The maximum atomic E-state index is 12.7. The van der Waals surface area contributed by atoms with Gasteiger partial charge in [-0.15, -0.1) is 11.3 Å². The third kappa shape index (κ3) is 4.61. The van der Waals surface area contributed by atoms with Crippen LogP contribution in [0.15, 0.2) is 48.0 Å². The summed E-state index contributed by atoms with van der Waals surface area (Å²) in [5.41, 5.74) is 4.19. The number of hydrogen-bond acceptors (Lipinski definition) is 7. The highest BCUT2D eigenvalue weighted by Gasteiger charge is 2.23. The highest BCUT2D eigenvalue weighted by Crippen LogP contribution is 2.28. The highest BCUT2D eigenvalue weighted by molar-refractivity contribution is 7.16. The van der Waals surface area contributed by atoms with Crippen LogP contribution < -0.4 is 15.5 Å². The molecule has 0 spiro atoms. The molecule has 5 rings (SSSR count). The first-order chi connectivity index (χ1) is 16.1. The second-order valence-electron chi connectivity index (χ2n) is 8.86. The largest absolute Gasteiger partial charge is 0.362 e. The number of rotatable bonds is 6. The fraction of sp³-hybridized carbons (Fsp3) is 0.360. The fourth-order valence-electron chi connectivity index (χ4n) is 4.56. The summed E-state index contributed by atoms with van der Waals surface area (Å²) < 4.78 is 1.04. The fourth-order valence-corrected chi connectivity index (χ4v) is 5.26. The summed E-state index contributed by atoms with van der Waals surface area (Å²) in [6.45, 7) is 0.698. The molecular weight excluding hydrogens is 432 g/mol. The van der Waals surface area contributed by atoms with Crippen molar-refractivity contribution in [2.24, 2.45) is 5.92 Å². The van der Waals surface area contributed by atoms with Crippen LogP contribution in [0.2, 0.25) is 0 Å². The van der Waals surface area contributed by atoms with Crippen molar-refractivity contribution in [2.75, 3.05) is 30.9 Å². The zero-order valence-electron chi connectivity index (χ0n) is 18.9. The van der Waals surface area contributed by atoms with Crippen molar-refractivity contribution < 1.29 is 4.79 Å². The molecule has 1 aliphatic carbocycles. The minimum Gasteiger partial charge on any atom is -0.362 e. The van der Waals surface area contributed by atoms with E-state index in [1.54, 1.807) is 16.8 Å². The Kier molecular flexibility index (Phi) is 6.09. The number of para-hydroxylation sites is 2.